The van der Waals surface area contributed by atoms with Crippen molar-refractivity contribution in [2.75, 3.05) is 0 Å². The van der Waals surface area contributed by atoms with Crippen molar-refractivity contribution < 1.29 is 18.0 Å². The van der Waals surface area contributed by atoms with Crippen molar-refractivity contribution >= 4 is 5.91 Å². The fourth-order valence-electron chi connectivity index (χ4n) is 2.10. The van der Waals surface area contributed by atoms with Gasteiger partial charge in [0, 0.05) is 12.4 Å². The molecule has 0 aromatic carbocycles. The summed E-state index contributed by atoms with van der Waals surface area (Å²) in [7, 11) is 0. The van der Waals surface area contributed by atoms with Gasteiger partial charge in [-0.15, -0.1) is 0 Å². The highest BCUT2D eigenvalue weighted by molar-refractivity contribution is 5.94. The van der Waals surface area contributed by atoms with Crippen LogP contribution in [0, 0.1) is 0 Å². The number of pyridine rings is 2. The SMILES string of the molecule is CCCC(NC(=O)c1ccc(C(F)(F)F)nc1)c1ccccn1. The molecule has 1 N–H and O–H groups in total. The van der Waals surface area contributed by atoms with Crippen molar-refractivity contribution in [3.05, 3.63) is 59.7 Å². The Morgan fingerprint density at radius 3 is 2.52 bits per heavy atom. The fraction of sp³-hybridized carbons (Fsp3) is 0.312. The minimum atomic E-state index is -4.52. The number of carbonyl (C=O) groups excluding carboxylic acids is 1. The minimum absolute atomic E-state index is 0.0787. The lowest BCUT2D eigenvalue weighted by atomic mass is 10.1. The lowest BCUT2D eigenvalue weighted by Gasteiger charge is -2.17. The second-order valence-electron chi connectivity index (χ2n) is 5.00. The van der Waals surface area contributed by atoms with E-state index in [1.807, 2.05) is 13.0 Å². The number of rotatable bonds is 5. The molecule has 2 aromatic heterocycles. The number of nitrogens with one attached hydrogen (secondary N) is 1. The number of carbonyl (C=O) groups is 1. The van der Waals surface area contributed by atoms with Gasteiger partial charge in [0.25, 0.3) is 5.91 Å². The van der Waals surface area contributed by atoms with Gasteiger partial charge in [-0.3, -0.25) is 14.8 Å². The van der Waals surface area contributed by atoms with Crippen molar-refractivity contribution in [1.82, 2.24) is 15.3 Å². The lowest BCUT2D eigenvalue weighted by Crippen LogP contribution is -2.29. The van der Waals surface area contributed by atoms with E-state index in [9.17, 15) is 18.0 Å². The van der Waals surface area contributed by atoms with Crippen molar-refractivity contribution in [3.8, 4) is 0 Å². The Labute approximate surface area is 131 Å². The summed E-state index contributed by atoms with van der Waals surface area (Å²) < 4.78 is 37.4. The number of nitrogens with zero attached hydrogens (tertiary/aromatic N) is 2. The summed E-state index contributed by atoms with van der Waals surface area (Å²) in [4.78, 5) is 19.7. The molecule has 0 spiro atoms. The van der Waals surface area contributed by atoms with Gasteiger partial charge >= 0.3 is 6.18 Å². The summed E-state index contributed by atoms with van der Waals surface area (Å²) in [6.07, 6.45) is -0.458. The van der Waals surface area contributed by atoms with Crippen LogP contribution in [-0.2, 0) is 6.18 Å². The predicted molar refractivity (Wildman–Crippen MR) is 78.6 cm³/mol. The zero-order valence-electron chi connectivity index (χ0n) is 12.5. The van der Waals surface area contributed by atoms with Crippen LogP contribution in [0.25, 0.3) is 0 Å². The first kappa shape index (κ1) is 16.9. The monoisotopic (exact) mass is 323 g/mol. The summed E-state index contributed by atoms with van der Waals surface area (Å²) in [5.74, 6) is -0.477. The molecule has 0 bridgehead atoms. The van der Waals surface area contributed by atoms with Crippen LogP contribution < -0.4 is 5.32 Å². The van der Waals surface area contributed by atoms with Gasteiger partial charge in [-0.1, -0.05) is 19.4 Å². The van der Waals surface area contributed by atoms with Crippen LogP contribution in [-0.4, -0.2) is 15.9 Å². The number of hydrogen-bond acceptors (Lipinski definition) is 3. The third-order valence-corrected chi connectivity index (χ3v) is 3.24. The molecule has 7 heteroatoms. The molecule has 0 aliphatic heterocycles. The average molecular weight is 323 g/mol. The van der Waals surface area contributed by atoms with Crippen LogP contribution >= 0.6 is 0 Å². The van der Waals surface area contributed by atoms with Crippen LogP contribution in [0.15, 0.2) is 42.7 Å². The van der Waals surface area contributed by atoms with E-state index in [1.54, 1.807) is 18.3 Å². The van der Waals surface area contributed by atoms with E-state index in [4.69, 9.17) is 0 Å². The van der Waals surface area contributed by atoms with Gasteiger partial charge in [0.15, 0.2) is 0 Å². The highest BCUT2D eigenvalue weighted by Crippen LogP contribution is 2.27. The number of alkyl halides is 3. The molecule has 2 aromatic rings. The summed E-state index contributed by atoms with van der Waals surface area (Å²) >= 11 is 0. The zero-order valence-corrected chi connectivity index (χ0v) is 12.5. The first-order valence-electron chi connectivity index (χ1n) is 7.17. The van der Waals surface area contributed by atoms with Gasteiger partial charge in [-0.25, -0.2) is 0 Å². The second kappa shape index (κ2) is 7.21. The van der Waals surface area contributed by atoms with E-state index in [1.165, 1.54) is 0 Å². The Balaban J connectivity index is 2.13. The van der Waals surface area contributed by atoms with Crippen molar-refractivity contribution in [2.24, 2.45) is 0 Å². The van der Waals surface area contributed by atoms with Crippen molar-refractivity contribution in [1.29, 1.82) is 0 Å². The normalized spacial score (nSPS) is 12.7. The Morgan fingerprint density at radius 1 is 1.22 bits per heavy atom. The van der Waals surface area contributed by atoms with Crippen LogP contribution in [0.3, 0.4) is 0 Å². The molecule has 0 radical (unpaired) electrons. The molecule has 1 amide bonds. The first-order chi connectivity index (χ1) is 10.9. The lowest BCUT2D eigenvalue weighted by molar-refractivity contribution is -0.141. The smallest absolute Gasteiger partial charge is 0.344 e. The Kier molecular flexibility index (Phi) is 5.31. The highest BCUT2D eigenvalue weighted by atomic mass is 19.4. The summed E-state index contributed by atoms with van der Waals surface area (Å²) in [5, 5.41) is 2.79. The molecule has 0 saturated carbocycles. The van der Waals surface area contributed by atoms with Gasteiger partial charge in [0.2, 0.25) is 0 Å². The molecule has 2 heterocycles. The van der Waals surface area contributed by atoms with E-state index in [0.717, 1.165) is 24.8 Å². The molecule has 0 aliphatic carbocycles. The summed E-state index contributed by atoms with van der Waals surface area (Å²) in [6, 6.07) is 7.00. The standard InChI is InChI=1S/C16H16F3N3O/c1-2-5-13(12-6-3-4-9-20-12)22-15(23)11-7-8-14(21-10-11)16(17,18)19/h3-4,6-10,13H,2,5H2,1H3,(H,22,23). The van der Waals surface area contributed by atoms with E-state index < -0.39 is 17.8 Å². The number of amides is 1. The van der Waals surface area contributed by atoms with Crippen molar-refractivity contribution in [2.45, 2.75) is 32.0 Å². The maximum Gasteiger partial charge on any atom is 0.433 e. The minimum Gasteiger partial charge on any atom is -0.344 e. The molecule has 122 valence electrons. The van der Waals surface area contributed by atoms with E-state index in [2.05, 4.69) is 15.3 Å². The number of aromatic nitrogens is 2. The number of halogens is 3. The van der Waals surface area contributed by atoms with Gasteiger partial charge < -0.3 is 5.32 Å². The van der Waals surface area contributed by atoms with E-state index in [0.29, 0.717) is 12.1 Å². The molecule has 1 unspecified atom stereocenters. The van der Waals surface area contributed by atoms with E-state index >= 15 is 0 Å². The topological polar surface area (TPSA) is 54.9 Å². The fourth-order valence-corrected chi connectivity index (χ4v) is 2.10. The molecule has 2 rings (SSSR count). The zero-order chi connectivity index (χ0) is 16.9. The van der Waals surface area contributed by atoms with E-state index in [-0.39, 0.29) is 11.6 Å². The van der Waals surface area contributed by atoms with Crippen LogP contribution in [0.2, 0.25) is 0 Å². The van der Waals surface area contributed by atoms with Crippen LogP contribution in [0.4, 0.5) is 13.2 Å². The maximum atomic E-state index is 12.5. The first-order valence-corrected chi connectivity index (χ1v) is 7.17. The Bertz CT molecular complexity index is 642. The van der Waals surface area contributed by atoms with Gasteiger partial charge in [-0.05, 0) is 30.7 Å². The molecule has 0 fully saturated rings. The summed E-state index contributed by atoms with van der Waals surface area (Å²) in [5.41, 5.74) is -0.235. The quantitative estimate of drug-likeness (QED) is 0.911. The van der Waals surface area contributed by atoms with Crippen LogP contribution in [0.1, 0.15) is 47.6 Å². The summed E-state index contributed by atoms with van der Waals surface area (Å²) in [6.45, 7) is 1.97. The molecular weight excluding hydrogens is 307 g/mol. The maximum absolute atomic E-state index is 12.5. The van der Waals surface area contributed by atoms with Crippen molar-refractivity contribution in [3.63, 3.8) is 0 Å². The predicted octanol–water partition coefficient (Wildman–Crippen LogP) is 3.77. The average Bonchev–Trinajstić information content (AvgIpc) is 2.54. The molecule has 1 atom stereocenters. The Morgan fingerprint density at radius 2 is 2.00 bits per heavy atom. The molecular formula is C16H16F3N3O. The molecule has 23 heavy (non-hydrogen) atoms. The third-order valence-electron chi connectivity index (χ3n) is 3.24. The Hall–Kier alpha value is -2.44. The second-order valence-corrected chi connectivity index (χ2v) is 5.00. The number of hydrogen-bond donors (Lipinski definition) is 1. The van der Waals surface area contributed by atoms with Gasteiger partial charge in [0.1, 0.15) is 5.69 Å². The highest BCUT2D eigenvalue weighted by Gasteiger charge is 2.32. The third kappa shape index (κ3) is 4.51. The van der Waals surface area contributed by atoms with Crippen LogP contribution in [0.5, 0.6) is 0 Å². The largest absolute Gasteiger partial charge is 0.433 e. The van der Waals surface area contributed by atoms with Gasteiger partial charge in [-0.2, -0.15) is 13.2 Å². The van der Waals surface area contributed by atoms with Gasteiger partial charge in [0.05, 0.1) is 17.3 Å². The molecule has 0 aliphatic rings. The molecule has 0 saturated heterocycles. The molecule has 4 nitrogen and oxygen atoms in total.